The number of hydrogen-bond donors (Lipinski definition) is 3. The predicted molar refractivity (Wildman–Crippen MR) is 106 cm³/mol. The van der Waals surface area contributed by atoms with Crippen molar-refractivity contribution in [1.82, 2.24) is 10.6 Å². The van der Waals surface area contributed by atoms with Crippen molar-refractivity contribution < 1.29 is 0 Å². The maximum atomic E-state index is 4.31. The first-order chi connectivity index (χ1) is 11.2. The molecular formula is C18H32N4S. The molecule has 0 bridgehead atoms. The Morgan fingerprint density at radius 2 is 1.87 bits per heavy atom. The van der Waals surface area contributed by atoms with Gasteiger partial charge in [-0.25, -0.2) is 0 Å². The van der Waals surface area contributed by atoms with Gasteiger partial charge in [0.05, 0.1) is 0 Å². The van der Waals surface area contributed by atoms with Crippen LogP contribution in [0.2, 0.25) is 0 Å². The maximum absolute atomic E-state index is 4.31. The van der Waals surface area contributed by atoms with Gasteiger partial charge in [0.1, 0.15) is 0 Å². The van der Waals surface area contributed by atoms with Crippen molar-refractivity contribution in [2.24, 2.45) is 10.9 Å². The molecule has 0 aliphatic heterocycles. The summed E-state index contributed by atoms with van der Waals surface area (Å²) >= 11 is 1.90. The highest BCUT2D eigenvalue weighted by Crippen LogP contribution is 2.11. The normalized spacial score (nSPS) is 13.0. The van der Waals surface area contributed by atoms with E-state index in [0.29, 0.717) is 12.0 Å². The molecule has 23 heavy (non-hydrogen) atoms. The highest BCUT2D eigenvalue weighted by Gasteiger charge is 2.13. The Kier molecular flexibility index (Phi) is 10.4. The number of unbranched alkanes of at least 4 members (excludes halogenated alkanes) is 1. The molecule has 0 aliphatic carbocycles. The fourth-order valence-corrected chi connectivity index (χ4v) is 2.70. The topological polar surface area (TPSA) is 48.5 Å². The summed E-state index contributed by atoms with van der Waals surface area (Å²) in [4.78, 5) is 4.31. The van der Waals surface area contributed by atoms with Crippen molar-refractivity contribution in [3.05, 3.63) is 30.3 Å². The second kappa shape index (κ2) is 12.1. The van der Waals surface area contributed by atoms with Gasteiger partial charge in [0.15, 0.2) is 5.96 Å². The zero-order valence-electron chi connectivity index (χ0n) is 14.9. The molecule has 0 aromatic heterocycles. The number of hydrogen-bond acceptors (Lipinski definition) is 3. The lowest BCUT2D eigenvalue weighted by Crippen LogP contribution is -2.45. The largest absolute Gasteiger partial charge is 0.380 e. The molecule has 0 aliphatic rings. The van der Waals surface area contributed by atoms with Gasteiger partial charge < -0.3 is 16.0 Å². The van der Waals surface area contributed by atoms with E-state index in [2.05, 4.69) is 65.3 Å². The van der Waals surface area contributed by atoms with E-state index in [1.165, 1.54) is 18.6 Å². The molecule has 1 unspecified atom stereocenters. The summed E-state index contributed by atoms with van der Waals surface area (Å²) in [7, 11) is 1.83. The van der Waals surface area contributed by atoms with Gasteiger partial charge in [0.2, 0.25) is 0 Å². The maximum Gasteiger partial charge on any atom is 0.191 e. The van der Waals surface area contributed by atoms with Gasteiger partial charge in [0.25, 0.3) is 0 Å². The molecule has 1 rings (SSSR count). The summed E-state index contributed by atoms with van der Waals surface area (Å²) in [6, 6.07) is 10.7. The number of thioether (sulfide) groups is 1. The lowest BCUT2D eigenvalue weighted by atomic mass is 10.0. The first kappa shape index (κ1) is 19.7. The Balaban J connectivity index is 2.37. The molecule has 5 heteroatoms. The average molecular weight is 337 g/mol. The van der Waals surface area contributed by atoms with Crippen molar-refractivity contribution in [3.63, 3.8) is 0 Å². The lowest BCUT2D eigenvalue weighted by molar-refractivity contribution is 0.512. The van der Waals surface area contributed by atoms with Crippen LogP contribution < -0.4 is 16.0 Å². The van der Waals surface area contributed by atoms with E-state index in [9.17, 15) is 0 Å². The van der Waals surface area contributed by atoms with E-state index in [-0.39, 0.29) is 0 Å². The third-order valence-electron chi connectivity index (χ3n) is 3.71. The van der Waals surface area contributed by atoms with Gasteiger partial charge in [0, 0.05) is 31.9 Å². The lowest BCUT2D eigenvalue weighted by Gasteiger charge is -2.25. The molecular weight excluding hydrogens is 304 g/mol. The first-order valence-electron chi connectivity index (χ1n) is 8.42. The third-order valence-corrected chi connectivity index (χ3v) is 4.41. The van der Waals surface area contributed by atoms with Gasteiger partial charge in [-0.05, 0) is 42.9 Å². The molecule has 0 saturated heterocycles. The summed E-state index contributed by atoms with van der Waals surface area (Å²) in [5.74, 6) is 2.64. The van der Waals surface area contributed by atoms with Crippen LogP contribution in [0.25, 0.3) is 0 Å². The molecule has 0 amide bonds. The molecule has 1 atom stereocenters. The van der Waals surface area contributed by atoms with Crippen LogP contribution in [-0.2, 0) is 0 Å². The number of nitrogens with one attached hydrogen (secondary N) is 3. The van der Waals surface area contributed by atoms with Crippen molar-refractivity contribution in [3.8, 4) is 0 Å². The molecule has 3 N–H and O–H groups in total. The molecule has 0 fully saturated rings. The third kappa shape index (κ3) is 8.74. The summed E-state index contributed by atoms with van der Waals surface area (Å²) in [6.45, 7) is 6.29. The Bertz CT molecular complexity index is 434. The molecule has 130 valence electrons. The van der Waals surface area contributed by atoms with E-state index in [1.54, 1.807) is 0 Å². The number of benzene rings is 1. The Morgan fingerprint density at radius 1 is 1.13 bits per heavy atom. The number of nitrogens with zero attached hydrogens (tertiary/aromatic N) is 1. The molecule has 0 spiro atoms. The van der Waals surface area contributed by atoms with Crippen LogP contribution in [0.3, 0.4) is 0 Å². The van der Waals surface area contributed by atoms with Gasteiger partial charge in [-0.3, -0.25) is 4.99 Å². The van der Waals surface area contributed by atoms with Crippen LogP contribution in [0, 0.1) is 5.92 Å². The standard InChI is InChI=1S/C18H32N4S/c1-15(2)17(22-16-10-6-5-7-11-16)14-21-18(19-3)20-12-8-9-13-23-4/h5-7,10-11,15,17,22H,8-9,12-14H2,1-4H3,(H2,19,20,21). The number of rotatable bonds is 10. The molecule has 0 saturated carbocycles. The molecule has 0 heterocycles. The van der Waals surface area contributed by atoms with Crippen molar-refractivity contribution >= 4 is 23.4 Å². The highest BCUT2D eigenvalue weighted by atomic mass is 32.2. The van der Waals surface area contributed by atoms with Crippen LogP contribution in [-0.4, -0.2) is 44.1 Å². The number of para-hydroxylation sites is 1. The van der Waals surface area contributed by atoms with Gasteiger partial charge in [-0.15, -0.1) is 0 Å². The fraction of sp³-hybridized carbons (Fsp3) is 0.611. The number of aliphatic imine (C=N–C) groups is 1. The van der Waals surface area contributed by atoms with Crippen LogP contribution >= 0.6 is 11.8 Å². The van der Waals surface area contributed by atoms with Crippen LogP contribution in [0.5, 0.6) is 0 Å². The average Bonchev–Trinajstić information content (AvgIpc) is 2.56. The van der Waals surface area contributed by atoms with E-state index in [4.69, 9.17) is 0 Å². The molecule has 1 aromatic carbocycles. The minimum atomic E-state index is 0.354. The fourth-order valence-electron chi connectivity index (χ4n) is 2.21. The zero-order valence-corrected chi connectivity index (χ0v) is 15.7. The number of anilines is 1. The Morgan fingerprint density at radius 3 is 2.48 bits per heavy atom. The summed E-state index contributed by atoms with van der Waals surface area (Å²) in [5, 5.41) is 10.4. The van der Waals surface area contributed by atoms with Crippen molar-refractivity contribution in [2.45, 2.75) is 32.7 Å². The van der Waals surface area contributed by atoms with E-state index < -0.39 is 0 Å². The Labute approximate surface area is 145 Å². The van der Waals surface area contributed by atoms with E-state index in [1.807, 2.05) is 24.9 Å². The van der Waals surface area contributed by atoms with Gasteiger partial charge >= 0.3 is 0 Å². The highest BCUT2D eigenvalue weighted by molar-refractivity contribution is 7.98. The van der Waals surface area contributed by atoms with Crippen LogP contribution in [0.15, 0.2) is 35.3 Å². The SMILES string of the molecule is CN=C(NCCCCSC)NCC(Nc1ccccc1)C(C)C. The second-order valence-electron chi connectivity index (χ2n) is 5.94. The second-order valence-corrected chi connectivity index (χ2v) is 6.93. The minimum Gasteiger partial charge on any atom is -0.380 e. The minimum absolute atomic E-state index is 0.354. The summed E-state index contributed by atoms with van der Waals surface area (Å²) in [6.07, 6.45) is 4.58. The molecule has 1 aromatic rings. The summed E-state index contributed by atoms with van der Waals surface area (Å²) < 4.78 is 0. The molecule has 4 nitrogen and oxygen atoms in total. The quantitative estimate of drug-likeness (QED) is 0.348. The predicted octanol–water partition coefficient (Wildman–Crippen LogP) is 3.43. The first-order valence-corrected chi connectivity index (χ1v) is 9.81. The van der Waals surface area contributed by atoms with Crippen LogP contribution in [0.4, 0.5) is 5.69 Å². The summed E-state index contributed by atoms with van der Waals surface area (Å²) in [5.41, 5.74) is 1.16. The zero-order chi connectivity index (χ0) is 16.9. The number of guanidine groups is 1. The monoisotopic (exact) mass is 336 g/mol. The van der Waals surface area contributed by atoms with Crippen molar-refractivity contribution in [1.29, 1.82) is 0 Å². The van der Waals surface area contributed by atoms with E-state index in [0.717, 1.165) is 24.7 Å². The van der Waals surface area contributed by atoms with Crippen molar-refractivity contribution in [2.75, 3.05) is 37.5 Å². The smallest absolute Gasteiger partial charge is 0.191 e. The Hall–Kier alpha value is -1.36. The van der Waals surface area contributed by atoms with Gasteiger partial charge in [-0.1, -0.05) is 32.0 Å². The molecule has 0 radical (unpaired) electrons. The van der Waals surface area contributed by atoms with Crippen LogP contribution in [0.1, 0.15) is 26.7 Å². The van der Waals surface area contributed by atoms with E-state index >= 15 is 0 Å². The van der Waals surface area contributed by atoms with Gasteiger partial charge in [-0.2, -0.15) is 11.8 Å².